The summed E-state index contributed by atoms with van der Waals surface area (Å²) in [6.45, 7) is 2.29. The number of ether oxygens (including phenoxy) is 1. The van der Waals surface area contributed by atoms with Crippen molar-refractivity contribution >= 4 is 5.91 Å². The van der Waals surface area contributed by atoms with Gasteiger partial charge in [-0.1, -0.05) is 0 Å². The van der Waals surface area contributed by atoms with Gasteiger partial charge in [0, 0.05) is 18.2 Å². The van der Waals surface area contributed by atoms with Gasteiger partial charge in [0.05, 0.1) is 7.11 Å². The highest BCUT2D eigenvalue weighted by molar-refractivity contribution is 5.94. The molecule has 4 nitrogen and oxygen atoms in total. The van der Waals surface area contributed by atoms with Crippen LogP contribution in [-0.2, 0) is 0 Å². The molecule has 0 bridgehead atoms. The molecule has 0 aromatic heterocycles. The summed E-state index contributed by atoms with van der Waals surface area (Å²) in [5, 5.41) is 2.78. The fourth-order valence-electron chi connectivity index (χ4n) is 1.11. The Labute approximate surface area is 89.4 Å². The van der Waals surface area contributed by atoms with Crippen molar-refractivity contribution in [2.24, 2.45) is 5.73 Å². The number of hydrogen-bond donors (Lipinski definition) is 2. The Hall–Kier alpha value is -1.55. The Morgan fingerprint density at radius 2 is 2.07 bits per heavy atom. The number of nitrogens with one attached hydrogen (secondary N) is 1. The van der Waals surface area contributed by atoms with Gasteiger partial charge >= 0.3 is 0 Å². The third-order valence-corrected chi connectivity index (χ3v) is 2.08. The number of rotatable bonds is 4. The zero-order valence-electron chi connectivity index (χ0n) is 8.99. The molecule has 0 radical (unpaired) electrons. The minimum Gasteiger partial charge on any atom is -0.497 e. The lowest BCUT2D eigenvalue weighted by molar-refractivity contribution is 0.0941. The molecule has 0 spiro atoms. The summed E-state index contributed by atoms with van der Waals surface area (Å²) in [5.41, 5.74) is 6.02. The quantitative estimate of drug-likeness (QED) is 0.768. The van der Waals surface area contributed by atoms with Crippen molar-refractivity contribution < 1.29 is 9.53 Å². The lowest BCUT2D eigenvalue weighted by Gasteiger charge is -2.11. The molecular weight excluding hydrogens is 192 g/mol. The van der Waals surface area contributed by atoms with Crippen LogP contribution in [-0.4, -0.2) is 25.6 Å². The number of nitrogens with two attached hydrogens (primary N) is 1. The molecule has 4 heteroatoms. The molecule has 0 heterocycles. The molecule has 1 atom stereocenters. The van der Waals surface area contributed by atoms with Crippen LogP contribution in [0.15, 0.2) is 24.3 Å². The highest BCUT2D eigenvalue weighted by Crippen LogP contribution is 2.11. The average Bonchev–Trinajstić information content (AvgIpc) is 2.29. The summed E-state index contributed by atoms with van der Waals surface area (Å²) in [6.07, 6.45) is 0. The van der Waals surface area contributed by atoms with E-state index in [-0.39, 0.29) is 11.9 Å². The summed E-state index contributed by atoms with van der Waals surface area (Å²) in [4.78, 5) is 11.6. The molecule has 0 aliphatic carbocycles. The van der Waals surface area contributed by atoms with Crippen LogP contribution >= 0.6 is 0 Å². The van der Waals surface area contributed by atoms with E-state index in [1.54, 1.807) is 31.4 Å². The summed E-state index contributed by atoms with van der Waals surface area (Å²) >= 11 is 0. The molecule has 1 rings (SSSR count). The first-order chi connectivity index (χ1) is 7.17. The van der Waals surface area contributed by atoms with Crippen LogP contribution in [0, 0.1) is 0 Å². The normalized spacial score (nSPS) is 11.9. The van der Waals surface area contributed by atoms with E-state index in [9.17, 15) is 4.79 Å². The predicted octanol–water partition coefficient (Wildman–Crippen LogP) is 0.772. The Morgan fingerprint density at radius 1 is 1.47 bits per heavy atom. The number of carbonyl (C=O) groups excluding carboxylic acids is 1. The van der Waals surface area contributed by atoms with Crippen molar-refractivity contribution in [1.29, 1.82) is 0 Å². The van der Waals surface area contributed by atoms with Gasteiger partial charge in [0.1, 0.15) is 5.75 Å². The third-order valence-electron chi connectivity index (χ3n) is 2.08. The van der Waals surface area contributed by atoms with Crippen LogP contribution in [0.2, 0.25) is 0 Å². The van der Waals surface area contributed by atoms with Gasteiger partial charge in [-0.3, -0.25) is 4.79 Å². The number of amides is 1. The van der Waals surface area contributed by atoms with Crippen LogP contribution in [0.4, 0.5) is 0 Å². The number of methoxy groups -OCH3 is 1. The van der Waals surface area contributed by atoms with E-state index in [1.165, 1.54) is 0 Å². The second-order valence-electron chi connectivity index (χ2n) is 3.34. The van der Waals surface area contributed by atoms with Crippen LogP contribution in [0.25, 0.3) is 0 Å². The second kappa shape index (κ2) is 5.36. The molecule has 1 aromatic carbocycles. The van der Waals surface area contributed by atoms with Gasteiger partial charge < -0.3 is 15.8 Å². The molecule has 0 saturated carbocycles. The van der Waals surface area contributed by atoms with Crippen molar-refractivity contribution in [1.82, 2.24) is 5.32 Å². The van der Waals surface area contributed by atoms with Crippen molar-refractivity contribution in [3.05, 3.63) is 29.8 Å². The fourth-order valence-corrected chi connectivity index (χ4v) is 1.11. The summed E-state index contributed by atoms with van der Waals surface area (Å²) in [6, 6.07) is 6.93. The van der Waals surface area contributed by atoms with E-state index >= 15 is 0 Å². The number of benzene rings is 1. The van der Waals surface area contributed by atoms with E-state index < -0.39 is 0 Å². The zero-order chi connectivity index (χ0) is 11.3. The molecule has 1 aromatic rings. The lowest BCUT2D eigenvalue weighted by Crippen LogP contribution is -2.37. The first-order valence-electron chi connectivity index (χ1n) is 4.82. The monoisotopic (exact) mass is 208 g/mol. The van der Waals surface area contributed by atoms with E-state index in [4.69, 9.17) is 10.5 Å². The highest BCUT2D eigenvalue weighted by Gasteiger charge is 2.07. The van der Waals surface area contributed by atoms with Crippen LogP contribution in [0.5, 0.6) is 5.75 Å². The molecule has 0 aliphatic heterocycles. The standard InChI is InChI=1S/C11H16N2O2/c1-8(7-12)13-11(14)9-3-5-10(15-2)6-4-9/h3-6,8H,7,12H2,1-2H3,(H,13,14). The molecule has 0 saturated heterocycles. The fraction of sp³-hybridized carbons (Fsp3) is 0.364. The van der Waals surface area contributed by atoms with Crippen molar-refractivity contribution in [3.63, 3.8) is 0 Å². The van der Waals surface area contributed by atoms with Gasteiger partial charge in [0.2, 0.25) is 0 Å². The minimum absolute atomic E-state index is 0.0143. The summed E-state index contributed by atoms with van der Waals surface area (Å²) in [7, 11) is 1.59. The topological polar surface area (TPSA) is 64.3 Å². The molecule has 15 heavy (non-hydrogen) atoms. The first-order valence-corrected chi connectivity index (χ1v) is 4.82. The van der Waals surface area contributed by atoms with Crippen molar-refractivity contribution in [3.8, 4) is 5.75 Å². The van der Waals surface area contributed by atoms with E-state index in [0.717, 1.165) is 5.75 Å². The largest absolute Gasteiger partial charge is 0.497 e. The van der Waals surface area contributed by atoms with Crippen LogP contribution in [0.3, 0.4) is 0 Å². The van der Waals surface area contributed by atoms with Crippen molar-refractivity contribution in [2.45, 2.75) is 13.0 Å². The number of hydrogen-bond acceptors (Lipinski definition) is 3. The Kier molecular flexibility index (Phi) is 4.12. The maximum Gasteiger partial charge on any atom is 0.251 e. The van der Waals surface area contributed by atoms with Gasteiger partial charge in [-0.15, -0.1) is 0 Å². The van der Waals surface area contributed by atoms with Gasteiger partial charge in [-0.2, -0.15) is 0 Å². The predicted molar refractivity (Wildman–Crippen MR) is 59.0 cm³/mol. The van der Waals surface area contributed by atoms with Gasteiger partial charge in [0.25, 0.3) is 5.91 Å². The van der Waals surface area contributed by atoms with Crippen LogP contribution < -0.4 is 15.8 Å². The first kappa shape index (κ1) is 11.5. The smallest absolute Gasteiger partial charge is 0.251 e. The highest BCUT2D eigenvalue weighted by atomic mass is 16.5. The lowest BCUT2D eigenvalue weighted by atomic mass is 10.2. The van der Waals surface area contributed by atoms with E-state index in [1.807, 2.05) is 6.92 Å². The molecule has 3 N–H and O–H groups in total. The Bertz CT molecular complexity index is 322. The summed E-state index contributed by atoms with van der Waals surface area (Å²) in [5.74, 6) is 0.619. The van der Waals surface area contributed by atoms with Gasteiger partial charge in [-0.05, 0) is 31.2 Å². The Balaban J connectivity index is 2.66. The van der Waals surface area contributed by atoms with E-state index in [2.05, 4.69) is 5.32 Å². The third kappa shape index (κ3) is 3.25. The molecule has 0 fully saturated rings. The molecule has 0 aliphatic rings. The SMILES string of the molecule is COc1ccc(C(=O)NC(C)CN)cc1. The molecular formula is C11H16N2O2. The van der Waals surface area contributed by atoms with Gasteiger partial charge in [0.15, 0.2) is 0 Å². The van der Waals surface area contributed by atoms with Crippen LogP contribution in [0.1, 0.15) is 17.3 Å². The van der Waals surface area contributed by atoms with Crippen molar-refractivity contribution in [2.75, 3.05) is 13.7 Å². The minimum atomic E-state index is -0.115. The average molecular weight is 208 g/mol. The maximum absolute atomic E-state index is 11.6. The maximum atomic E-state index is 11.6. The zero-order valence-corrected chi connectivity index (χ0v) is 8.99. The van der Waals surface area contributed by atoms with E-state index in [0.29, 0.717) is 12.1 Å². The summed E-state index contributed by atoms with van der Waals surface area (Å²) < 4.78 is 5.00. The Morgan fingerprint density at radius 3 is 2.53 bits per heavy atom. The molecule has 82 valence electrons. The molecule has 1 amide bonds. The van der Waals surface area contributed by atoms with Gasteiger partial charge in [-0.25, -0.2) is 0 Å². The molecule has 1 unspecified atom stereocenters. The number of carbonyl (C=O) groups is 1. The second-order valence-corrected chi connectivity index (χ2v) is 3.34.